The van der Waals surface area contributed by atoms with Crippen LogP contribution < -0.4 is 10.6 Å². The Morgan fingerprint density at radius 1 is 1.43 bits per heavy atom. The SMILES string of the molecule is CCNC(=O)CCNC(C)c1cccc(-n2cnnn2)c1. The van der Waals surface area contributed by atoms with E-state index in [4.69, 9.17) is 0 Å². The molecular weight excluding hydrogens is 268 g/mol. The average Bonchev–Trinajstić information content (AvgIpc) is 3.02. The number of benzene rings is 1. The van der Waals surface area contributed by atoms with Crippen LogP contribution in [0.3, 0.4) is 0 Å². The minimum absolute atomic E-state index is 0.0691. The van der Waals surface area contributed by atoms with Gasteiger partial charge in [-0.05, 0) is 42.0 Å². The molecule has 1 atom stereocenters. The molecule has 1 aromatic heterocycles. The standard InChI is InChI=1S/C14H20N6O/c1-3-15-14(21)7-8-16-11(2)12-5-4-6-13(9-12)20-10-17-18-19-20/h4-6,9-11,16H,3,7-8H2,1-2H3,(H,15,21). The first-order valence-corrected chi connectivity index (χ1v) is 7.04. The molecule has 7 heteroatoms. The Hall–Kier alpha value is -2.28. The van der Waals surface area contributed by atoms with Crippen LogP contribution in [0.5, 0.6) is 0 Å². The Bertz CT molecular complexity index is 569. The Labute approximate surface area is 123 Å². The number of rotatable bonds is 7. The van der Waals surface area contributed by atoms with Gasteiger partial charge in [0.1, 0.15) is 6.33 Å². The van der Waals surface area contributed by atoms with Gasteiger partial charge in [-0.3, -0.25) is 4.79 Å². The molecule has 0 radical (unpaired) electrons. The Kier molecular flexibility index (Phi) is 5.39. The minimum Gasteiger partial charge on any atom is -0.356 e. The molecule has 21 heavy (non-hydrogen) atoms. The van der Waals surface area contributed by atoms with E-state index < -0.39 is 0 Å². The quantitative estimate of drug-likeness (QED) is 0.788. The highest BCUT2D eigenvalue weighted by atomic mass is 16.1. The van der Waals surface area contributed by atoms with Crippen LogP contribution in [-0.2, 0) is 4.79 Å². The second-order valence-electron chi connectivity index (χ2n) is 4.73. The predicted octanol–water partition coefficient (Wildman–Crippen LogP) is 0.839. The van der Waals surface area contributed by atoms with E-state index in [1.807, 2.05) is 31.2 Å². The van der Waals surface area contributed by atoms with Crippen LogP contribution in [0.25, 0.3) is 5.69 Å². The highest BCUT2D eigenvalue weighted by Crippen LogP contribution is 2.15. The monoisotopic (exact) mass is 288 g/mol. The van der Waals surface area contributed by atoms with Crippen LogP contribution in [-0.4, -0.2) is 39.2 Å². The summed E-state index contributed by atoms with van der Waals surface area (Å²) < 4.78 is 1.62. The number of tetrazole rings is 1. The third kappa shape index (κ3) is 4.35. The van der Waals surface area contributed by atoms with Gasteiger partial charge in [-0.25, -0.2) is 4.68 Å². The van der Waals surface area contributed by atoms with Gasteiger partial charge in [0.2, 0.25) is 5.91 Å². The smallest absolute Gasteiger partial charge is 0.221 e. The maximum Gasteiger partial charge on any atom is 0.221 e. The third-order valence-corrected chi connectivity index (χ3v) is 3.16. The Morgan fingerprint density at radius 2 is 2.29 bits per heavy atom. The molecule has 1 unspecified atom stereocenters. The molecule has 112 valence electrons. The second kappa shape index (κ2) is 7.49. The molecule has 1 aromatic carbocycles. The van der Waals surface area contributed by atoms with Crippen molar-refractivity contribution in [3.05, 3.63) is 36.2 Å². The number of nitrogens with one attached hydrogen (secondary N) is 2. The van der Waals surface area contributed by atoms with Crippen molar-refractivity contribution in [2.45, 2.75) is 26.3 Å². The number of carbonyl (C=O) groups excluding carboxylic acids is 1. The van der Waals surface area contributed by atoms with E-state index in [0.29, 0.717) is 19.5 Å². The molecule has 1 amide bonds. The van der Waals surface area contributed by atoms with Crippen molar-refractivity contribution < 1.29 is 4.79 Å². The average molecular weight is 288 g/mol. The fourth-order valence-corrected chi connectivity index (χ4v) is 2.02. The summed E-state index contributed by atoms with van der Waals surface area (Å²) in [5.74, 6) is 0.0691. The highest BCUT2D eigenvalue weighted by molar-refractivity contribution is 5.75. The van der Waals surface area contributed by atoms with Crippen LogP contribution in [0.1, 0.15) is 31.9 Å². The summed E-state index contributed by atoms with van der Waals surface area (Å²) in [6.45, 7) is 5.29. The summed E-state index contributed by atoms with van der Waals surface area (Å²) in [4.78, 5) is 11.4. The molecule has 2 aromatic rings. The molecule has 0 saturated carbocycles. The first-order chi connectivity index (χ1) is 10.2. The van der Waals surface area contributed by atoms with Gasteiger partial charge in [0.15, 0.2) is 0 Å². The van der Waals surface area contributed by atoms with Gasteiger partial charge in [0, 0.05) is 25.6 Å². The molecule has 0 aliphatic rings. The predicted molar refractivity (Wildman–Crippen MR) is 78.9 cm³/mol. The lowest BCUT2D eigenvalue weighted by Gasteiger charge is -2.15. The van der Waals surface area contributed by atoms with E-state index in [2.05, 4.69) is 33.1 Å². The molecule has 0 aliphatic heterocycles. The lowest BCUT2D eigenvalue weighted by molar-refractivity contribution is -0.120. The van der Waals surface area contributed by atoms with Gasteiger partial charge in [-0.15, -0.1) is 5.10 Å². The first kappa shape index (κ1) is 15.1. The molecule has 1 heterocycles. The molecule has 2 N–H and O–H groups in total. The number of nitrogens with zero attached hydrogens (tertiary/aromatic N) is 4. The topological polar surface area (TPSA) is 84.7 Å². The zero-order valence-corrected chi connectivity index (χ0v) is 12.3. The molecule has 7 nitrogen and oxygen atoms in total. The number of amides is 1. The van der Waals surface area contributed by atoms with E-state index >= 15 is 0 Å². The summed E-state index contributed by atoms with van der Waals surface area (Å²) in [5, 5.41) is 17.3. The zero-order chi connectivity index (χ0) is 15.1. The lowest BCUT2D eigenvalue weighted by atomic mass is 10.1. The summed E-state index contributed by atoms with van der Waals surface area (Å²) in [6, 6.07) is 8.13. The van der Waals surface area contributed by atoms with Crippen LogP contribution >= 0.6 is 0 Å². The van der Waals surface area contributed by atoms with Crippen molar-refractivity contribution in [1.82, 2.24) is 30.8 Å². The van der Waals surface area contributed by atoms with Crippen LogP contribution in [0.4, 0.5) is 0 Å². The van der Waals surface area contributed by atoms with Gasteiger partial charge in [0.05, 0.1) is 5.69 Å². The molecular formula is C14H20N6O. The maximum absolute atomic E-state index is 11.4. The number of hydrogen-bond donors (Lipinski definition) is 2. The normalized spacial score (nSPS) is 12.1. The molecule has 0 spiro atoms. The van der Waals surface area contributed by atoms with E-state index in [9.17, 15) is 4.79 Å². The maximum atomic E-state index is 11.4. The van der Waals surface area contributed by atoms with E-state index in [1.54, 1.807) is 11.0 Å². The zero-order valence-electron chi connectivity index (χ0n) is 12.3. The Balaban J connectivity index is 1.92. The van der Waals surface area contributed by atoms with Gasteiger partial charge < -0.3 is 10.6 Å². The van der Waals surface area contributed by atoms with E-state index in [-0.39, 0.29) is 11.9 Å². The third-order valence-electron chi connectivity index (χ3n) is 3.16. The molecule has 2 rings (SSSR count). The number of carbonyl (C=O) groups is 1. The lowest BCUT2D eigenvalue weighted by Crippen LogP contribution is -2.28. The molecule has 0 bridgehead atoms. The van der Waals surface area contributed by atoms with Crippen molar-refractivity contribution in [1.29, 1.82) is 0 Å². The fourth-order valence-electron chi connectivity index (χ4n) is 2.02. The highest BCUT2D eigenvalue weighted by Gasteiger charge is 2.07. The molecule has 0 fully saturated rings. The summed E-state index contributed by atoms with van der Waals surface area (Å²) in [7, 11) is 0. The summed E-state index contributed by atoms with van der Waals surface area (Å²) in [6.07, 6.45) is 2.04. The minimum atomic E-state index is 0.0691. The molecule has 0 aliphatic carbocycles. The largest absolute Gasteiger partial charge is 0.356 e. The van der Waals surface area contributed by atoms with Crippen LogP contribution in [0.15, 0.2) is 30.6 Å². The van der Waals surface area contributed by atoms with Crippen molar-refractivity contribution >= 4 is 5.91 Å². The van der Waals surface area contributed by atoms with Gasteiger partial charge in [0.25, 0.3) is 0 Å². The van der Waals surface area contributed by atoms with Crippen LogP contribution in [0.2, 0.25) is 0 Å². The van der Waals surface area contributed by atoms with Crippen LogP contribution in [0, 0.1) is 0 Å². The Morgan fingerprint density at radius 3 is 3.00 bits per heavy atom. The summed E-state index contributed by atoms with van der Waals surface area (Å²) >= 11 is 0. The van der Waals surface area contributed by atoms with E-state index in [1.165, 1.54) is 0 Å². The van der Waals surface area contributed by atoms with Crippen molar-refractivity contribution in [3.8, 4) is 5.69 Å². The molecule has 0 saturated heterocycles. The number of hydrogen-bond acceptors (Lipinski definition) is 5. The summed E-state index contributed by atoms with van der Waals surface area (Å²) in [5.41, 5.74) is 2.04. The van der Waals surface area contributed by atoms with Crippen molar-refractivity contribution in [2.75, 3.05) is 13.1 Å². The van der Waals surface area contributed by atoms with E-state index in [0.717, 1.165) is 11.3 Å². The van der Waals surface area contributed by atoms with Crippen molar-refractivity contribution in [3.63, 3.8) is 0 Å². The van der Waals surface area contributed by atoms with Gasteiger partial charge in [-0.2, -0.15) is 0 Å². The number of aromatic nitrogens is 4. The second-order valence-corrected chi connectivity index (χ2v) is 4.73. The first-order valence-electron chi connectivity index (χ1n) is 7.04. The fraction of sp³-hybridized carbons (Fsp3) is 0.429. The van der Waals surface area contributed by atoms with Crippen molar-refractivity contribution in [2.24, 2.45) is 0 Å². The van der Waals surface area contributed by atoms with Gasteiger partial charge >= 0.3 is 0 Å². The van der Waals surface area contributed by atoms with Gasteiger partial charge in [-0.1, -0.05) is 12.1 Å².